The van der Waals surface area contributed by atoms with Crippen molar-refractivity contribution >= 4 is 29.5 Å². The van der Waals surface area contributed by atoms with Crippen molar-refractivity contribution in [3.05, 3.63) is 12.7 Å². The van der Waals surface area contributed by atoms with Crippen LogP contribution in [0.2, 0.25) is 0 Å². The molecule has 0 radical (unpaired) electrons. The zero-order valence-corrected chi connectivity index (χ0v) is 19.0. The molecule has 3 aliphatic heterocycles. The minimum absolute atomic E-state index is 0.00509. The van der Waals surface area contributed by atoms with Gasteiger partial charge in [-0.05, 0) is 33.1 Å². The Balaban J connectivity index is 2.00. The van der Waals surface area contributed by atoms with Crippen LogP contribution >= 0.6 is 11.8 Å². The fourth-order valence-electron chi connectivity index (χ4n) is 5.64. The van der Waals surface area contributed by atoms with Gasteiger partial charge in [0.05, 0.1) is 29.8 Å². The predicted molar refractivity (Wildman–Crippen MR) is 116 cm³/mol. The highest BCUT2D eigenvalue weighted by molar-refractivity contribution is 8.02. The van der Waals surface area contributed by atoms with Crippen molar-refractivity contribution in [3.63, 3.8) is 0 Å². The normalized spacial score (nSPS) is 32.8. The average molecular weight is 439 g/mol. The van der Waals surface area contributed by atoms with E-state index in [1.165, 1.54) is 4.90 Å². The molecule has 0 saturated carbocycles. The van der Waals surface area contributed by atoms with E-state index in [0.29, 0.717) is 6.54 Å². The van der Waals surface area contributed by atoms with Gasteiger partial charge in [0.2, 0.25) is 11.8 Å². The lowest BCUT2D eigenvalue weighted by molar-refractivity contribution is -0.153. The number of aliphatic hydroxyl groups is 1. The van der Waals surface area contributed by atoms with Crippen LogP contribution < -0.4 is 0 Å². The lowest BCUT2D eigenvalue weighted by Gasteiger charge is -2.39. The smallest absolute Gasteiger partial charge is 0.310 e. The molecule has 8 heteroatoms. The maximum atomic E-state index is 13.9. The van der Waals surface area contributed by atoms with Gasteiger partial charge in [-0.1, -0.05) is 19.4 Å². The van der Waals surface area contributed by atoms with Crippen molar-refractivity contribution < 1.29 is 24.2 Å². The lowest BCUT2D eigenvalue weighted by atomic mass is 9.71. The van der Waals surface area contributed by atoms with Crippen LogP contribution in [0.1, 0.15) is 46.5 Å². The van der Waals surface area contributed by atoms with Gasteiger partial charge in [0.1, 0.15) is 6.04 Å². The van der Waals surface area contributed by atoms with Crippen molar-refractivity contribution in [1.29, 1.82) is 0 Å². The molecule has 3 rings (SSSR count). The van der Waals surface area contributed by atoms with E-state index in [-0.39, 0.29) is 48.8 Å². The molecule has 0 aromatic rings. The van der Waals surface area contributed by atoms with Crippen LogP contribution in [0.4, 0.5) is 0 Å². The third-order valence-electron chi connectivity index (χ3n) is 6.78. The van der Waals surface area contributed by atoms with Crippen molar-refractivity contribution in [3.8, 4) is 0 Å². The zero-order valence-electron chi connectivity index (χ0n) is 18.2. The summed E-state index contributed by atoms with van der Waals surface area (Å²) < 4.78 is 4.67. The summed E-state index contributed by atoms with van der Waals surface area (Å²) in [6, 6.07) is -0.651. The van der Waals surface area contributed by atoms with Gasteiger partial charge in [-0.15, -0.1) is 18.3 Å². The molecule has 3 heterocycles. The van der Waals surface area contributed by atoms with Crippen LogP contribution in [0.25, 0.3) is 0 Å². The van der Waals surface area contributed by atoms with Gasteiger partial charge >= 0.3 is 5.97 Å². The van der Waals surface area contributed by atoms with Crippen molar-refractivity contribution in [1.82, 2.24) is 9.80 Å². The number of fused-ring (bicyclic) bond motifs is 1. The molecule has 3 unspecified atom stereocenters. The van der Waals surface area contributed by atoms with Gasteiger partial charge in [0.25, 0.3) is 0 Å². The van der Waals surface area contributed by atoms with Crippen LogP contribution in [0.15, 0.2) is 12.7 Å². The number of ether oxygens (including phenoxy) is 1. The van der Waals surface area contributed by atoms with Crippen molar-refractivity contribution in [2.45, 2.75) is 68.5 Å². The molecular weight excluding hydrogens is 404 g/mol. The Hall–Kier alpha value is -1.54. The molecule has 1 spiro atoms. The quantitative estimate of drug-likeness (QED) is 0.414. The summed E-state index contributed by atoms with van der Waals surface area (Å²) in [6.45, 7) is 10.2. The Bertz CT molecular complexity index is 701. The van der Waals surface area contributed by atoms with E-state index >= 15 is 0 Å². The lowest BCUT2D eigenvalue weighted by Crippen LogP contribution is -2.56. The number of hydrogen-bond donors (Lipinski definition) is 1. The molecular formula is C22H34N2O5S. The summed E-state index contributed by atoms with van der Waals surface area (Å²) in [5.74, 6) is -1.71. The second-order valence-corrected chi connectivity index (χ2v) is 10.1. The van der Waals surface area contributed by atoms with E-state index in [2.05, 4.69) is 13.5 Å². The van der Waals surface area contributed by atoms with Gasteiger partial charge < -0.3 is 19.6 Å². The van der Waals surface area contributed by atoms with E-state index in [4.69, 9.17) is 4.74 Å². The minimum Gasteiger partial charge on any atom is -0.466 e. The highest BCUT2D eigenvalue weighted by Crippen LogP contribution is 2.66. The minimum atomic E-state index is -0.671. The van der Waals surface area contributed by atoms with Gasteiger partial charge in [-0.2, -0.15) is 0 Å². The van der Waals surface area contributed by atoms with E-state index < -0.39 is 22.6 Å². The molecule has 0 aliphatic carbocycles. The van der Waals surface area contributed by atoms with Crippen LogP contribution in [0, 0.1) is 11.8 Å². The largest absolute Gasteiger partial charge is 0.466 e. The number of nitrogens with zero attached hydrogens (tertiary/aromatic N) is 2. The molecule has 1 N–H and O–H groups in total. The van der Waals surface area contributed by atoms with E-state index in [0.717, 1.165) is 25.7 Å². The van der Waals surface area contributed by atoms with E-state index in [1.54, 1.807) is 24.8 Å². The Morgan fingerprint density at radius 1 is 1.47 bits per heavy atom. The first-order valence-electron chi connectivity index (χ1n) is 11.0. The summed E-state index contributed by atoms with van der Waals surface area (Å²) in [6.07, 6.45) is 5.03. The standard InChI is InChI=1S/C22H34N2O5S/c1-5-8-14(4)23(11-6-2)20(27)18-22-10-9-15(30-22)16(21(28)29-7-3)17(22)19(26)24(18)12-13-25/h6,14-18,25H,2,5,7-13H2,1,3-4H3/t14?,15-,16+,17+,18?,22?/m1/s1. The molecule has 7 nitrogen and oxygen atoms in total. The van der Waals surface area contributed by atoms with Gasteiger partial charge in [-0.3, -0.25) is 14.4 Å². The Labute approximate surface area is 183 Å². The number of hydrogen-bond acceptors (Lipinski definition) is 6. The maximum Gasteiger partial charge on any atom is 0.310 e. The third-order valence-corrected chi connectivity index (χ3v) is 8.73. The number of β-amino-alcohol motifs (C(OH)–C–C–N with tert-alkyl or cyclic N) is 1. The highest BCUT2D eigenvalue weighted by atomic mass is 32.2. The first-order valence-corrected chi connectivity index (χ1v) is 11.9. The zero-order chi connectivity index (χ0) is 22.1. The van der Waals surface area contributed by atoms with Crippen molar-refractivity contribution in [2.24, 2.45) is 11.8 Å². The molecule has 168 valence electrons. The fourth-order valence-corrected chi connectivity index (χ4v) is 7.84. The summed E-state index contributed by atoms with van der Waals surface area (Å²) in [5.41, 5.74) is 0. The number of aliphatic hydroxyl groups excluding tert-OH is 1. The van der Waals surface area contributed by atoms with Crippen LogP contribution in [0.5, 0.6) is 0 Å². The average Bonchev–Trinajstić information content (AvgIpc) is 3.34. The molecule has 3 aliphatic rings. The first-order chi connectivity index (χ1) is 14.4. The van der Waals surface area contributed by atoms with Crippen LogP contribution in [-0.4, -0.2) is 81.1 Å². The molecule has 3 saturated heterocycles. The summed E-state index contributed by atoms with van der Waals surface area (Å²) in [7, 11) is 0. The van der Waals surface area contributed by atoms with E-state index in [1.807, 2.05) is 11.8 Å². The Morgan fingerprint density at radius 2 is 2.20 bits per heavy atom. The van der Waals surface area contributed by atoms with Crippen LogP contribution in [-0.2, 0) is 19.1 Å². The molecule has 0 aromatic heterocycles. The molecule has 30 heavy (non-hydrogen) atoms. The molecule has 3 fully saturated rings. The number of carbonyl (C=O) groups excluding carboxylic acids is 3. The summed E-state index contributed by atoms with van der Waals surface area (Å²) in [5, 5.41) is 9.64. The first kappa shape index (κ1) is 23.1. The van der Waals surface area contributed by atoms with Crippen LogP contribution in [0.3, 0.4) is 0 Å². The van der Waals surface area contributed by atoms with Gasteiger partial charge in [-0.25, -0.2) is 0 Å². The number of rotatable bonds is 10. The number of thioether (sulfide) groups is 1. The predicted octanol–water partition coefficient (Wildman–Crippen LogP) is 1.84. The Morgan fingerprint density at radius 3 is 2.80 bits per heavy atom. The monoisotopic (exact) mass is 438 g/mol. The maximum absolute atomic E-state index is 13.9. The molecule has 6 atom stereocenters. The molecule has 2 amide bonds. The van der Waals surface area contributed by atoms with Crippen molar-refractivity contribution in [2.75, 3.05) is 26.3 Å². The van der Waals surface area contributed by atoms with E-state index in [9.17, 15) is 19.5 Å². The number of esters is 1. The second-order valence-electron chi connectivity index (χ2n) is 8.48. The number of likely N-dealkylation sites (tertiary alicyclic amines) is 1. The molecule has 2 bridgehead atoms. The summed E-state index contributed by atoms with van der Waals surface area (Å²) >= 11 is 1.62. The second kappa shape index (κ2) is 9.30. The fraction of sp³-hybridized carbons (Fsp3) is 0.773. The highest BCUT2D eigenvalue weighted by Gasteiger charge is 2.74. The SMILES string of the molecule is C=CCN(C(=O)C1N(CCO)C(=O)[C@@H]2[C@@H](C(=O)OCC)[C@H]3CCC12S3)C(C)CCC. The summed E-state index contributed by atoms with van der Waals surface area (Å²) in [4.78, 5) is 43.4. The topological polar surface area (TPSA) is 87.2 Å². The third kappa shape index (κ3) is 3.55. The number of carbonyl (C=O) groups is 3. The van der Waals surface area contributed by atoms with Gasteiger partial charge in [0, 0.05) is 24.4 Å². The van der Waals surface area contributed by atoms with Gasteiger partial charge in [0.15, 0.2) is 0 Å². The number of amides is 2. The molecule has 0 aromatic carbocycles. The Kier molecular flexibility index (Phi) is 7.17.